The van der Waals surface area contributed by atoms with Gasteiger partial charge in [-0.3, -0.25) is 4.79 Å². The fourth-order valence-corrected chi connectivity index (χ4v) is 2.47. The van der Waals surface area contributed by atoms with E-state index in [-0.39, 0.29) is 17.9 Å². The molecule has 0 bridgehead atoms. The summed E-state index contributed by atoms with van der Waals surface area (Å²) in [7, 11) is 1.68. The molecular weight excluding hydrogens is 216 g/mol. The van der Waals surface area contributed by atoms with E-state index in [1.54, 1.807) is 7.11 Å². The zero-order valence-corrected chi connectivity index (χ0v) is 11.1. The van der Waals surface area contributed by atoms with Gasteiger partial charge < -0.3 is 15.8 Å². The second kappa shape index (κ2) is 7.67. The summed E-state index contributed by atoms with van der Waals surface area (Å²) in [4.78, 5) is 12.0. The number of nitrogens with two attached hydrogens (primary N) is 1. The van der Waals surface area contributed by atoms with E-state index in [2.05, 4.69) is 5.32 Å². The van der Waals surface area contributed by atoms with Crippen LogP contribution in [0.5, 0.6) is 0 Å². The van der Waals surface area contributed by atoms with E-state index in [0.29, 0.717) is 19.1 Å². The van der Waals surface area contributed by atoms with Gasteiger partial charge in [0, 0.05) is 25.7 Å². The third-order valence-corrected chi connectivity index (χ3v) is 3.63. The molecule has 0 spiro atoms. The van der Waals surface area contributed by atoms with Gasteiger partial charge in [0.25, 0.3) is 0 Å². The lowest BCUT2D eigenvalue weighted by atomic mass is 9.81. The summed E-state index contributed by atoms with van der Waals surface area (Å²) >= 11 is 0. The number of amides is 1. The van der Waals surface area contributed by atoms with Crippen LogP contribution in [0.25, 0.3) is 0 Å². The number of hydrogen-bond donors (Lipinski definition) is 2. The van der Waals surface area contributed by atoms with Crippen molar-refractivity contribution >= 4 is 5.91 Å². The van der Waals surface area contributed by atoms with Crippen molar-refractivity contribution in [1.29, 1.82) is 0 Å². The van der Waals surface area contributed by atoms with Crippen LogP contribution in [0.4, 0.5) is 0 Å². The van der Waals surface area contributed by atoms with Gasteiger partial charge in [-0.15, -0.1) is 0 Å². The van der Waals surface area contributed by atoms with E-state index in [1.165, 1.54) is 6.42 Å². The highest BCUT2D eigenvalue weighted by Gasteiger charge is 2.26. The average Bonchev–Trinajstić information content (AvgIpc) is 2.36. The largest absolute Gasteiger partial charge is 0.385 e. The van der Waals surface area contributed by atoms with Gasteiger partial charge in [0.1, 0.15) is 0 Å². The number of hydrogen-bond acceptors (Lipinski definition) is 3. The molecule has 3 unspecified atom stereocenters. The molecule has 4 nitrogen and oxygen atoms in total. The normalized spacial score (nSPS) is 26.5. The quantitative estimate of drug-likeness (QED) is 0.737. The molecule has 3 atom stereocenters. The second-order valence-electron chi connectivity index (χ2n) is 5.16. The van der Waals surface area contributed by atoms with Gasteiger partial charge in [-0.25, -0.2) is 0 Å². The predicted molar refractivity (Wildman–Crippen MR) is 68.6 cm³/mol. The van der Waals surface area contributed by atoms with Crippen molar-refractivity contribution in [3.63, 3.8) is 0 Å². The molecule has 0 radical (unpaired) electrons. The van der Waals surface area contributed by atoms with Crippen molar-refractivity contribution in [2.75, 3.05) is 20.3 Å². The van der Waals surface area contributed by atoms with Crippen LogP contribution >= 0.6 is 0 Å². The zero-order chi connectivity index (χ0) is 12.7. The Hall–Kier alpha value is -0.610. The molecule has 0 aromatic rings. The Labute approximate surface area is 104 Å². The van der Waals surface area contributed by atoms with Crippen LogP contribution < -0.4 is 11.1 Å². The minimum absolute atomic E-state index is 0.169. The Morgan fingerprint density at radius 2 is 2.29 bits per heavy atom. The first-order valence-electron chi connectivity index (χ1n) is 6.66. The van der Waals surface area contributed by atoms with E-state index in [9.17, 15) is 4.79 Å². The molecule has 0 aliphatic heterocycles. The van der Waals surface area contributed by atoms with Crippen molar-refractivity contribution in [3.8, 4) is 0 Å². The smallest absolute Gasteiger partial charge is 0.223 e. The number of rotatable bonds is 6. The molecule has 1 aliphatic carbocycles. The molecule has 3 N–H and O–H groups in total. The Morgan fingerprint density at radius 3 is 2.94 bits per heavy atom. The maximum Gasteiger partial charge on any atom is 0.223 e. The third kappa shape index (κ3) is 5.04. The average molecular weight is 242 g/mol. The zero-order valence-electron chi connectivity index (χ0n) is 11.1. The van der Waals surface area contributed by atoms with E-state index >= 15 is 0 Å². The summed E-state index contributed by atoms with van der Waals surface area (Å²) in [6.45, 7) is 3.43. The van der Waals surface area contributed by atoms with Crippen molar-refractivity contribution in [2.45, 2.75) is 45.1 Å². The number of carbonyl (C=O) groups excluding carboxylic acids is 1. The van der Waals surface area contributed by atoms with Crippen LogP contribution in [0, 0.1) is 11.8 Å². The molecule has 0 aromatic carbocycles. The van der Waals surface area contributed by atoms with Crippen molar-refractivity contribution in [1.82, 2.24) is 5.32 Å². The van der Waals surface area contributed by atoms with Crippen LogP contribution in [-0.2, 0) is 9.53 Å². The Balaban J connectivity index is 2.31. The third-order valence-electron chi connectivity index (χ3n) is 3.63. The SMILES string of the molecule is COCCC(C)NC(=O)C1CCCC(CN)C1. The predicted octanol–water partition coefficient (Wildman–Crippen LogP) is 1.29. The highest BCUT2D eigenvalue weighted by Crippen LogP contribution is 2.28. The Morgan fingerprint density at radius 1 is 1.53 bits per heavy atom. The summed E-state index contributed by atoms with van der Waals surface area (Å²) in [5.74, 6) is 0.905. The molecule has 0 saturated heterocycles. The van der Waals surface area contributed by atoms with E-state index < -0.39 is 0 Å². The Bertz CT molecular complexity index is 233. The summed E-state index contributed by atoms with van der Waals surface area (Å²) in [6.07, 6.45) is 5.15. The summed E-state index contributed by atoms with van der Waals surface area (Å²) < 4.78 is 5.01. The summed E-state index contributed by atoms with van der Waals surface area (Å²) in [5, 5.41) is 3.07. The molecule has 0 aromatic heterocycles. The molecule has 1 fully saturated rings. The van der Waals surface area contributed by atoms with Gasteiger partial charge >= 0.3 is 0 Å². The molecule has 4 heteroatoms. The van der Waals surface area contributed by atoms with Crippen LogP contribution in [0.15, 0.2) is 0 Å². The maximum absolute atomic E-state index is 12.0. The number of nitrogens with one attached hydrogen (secondary N) is 1. The van der Waals surface area contributed by atoms with Crippen LogP contribution in [0.3, 0.4) is 0 Å². The van der Waals surface area contributed by atoms with Gasteiger partial charge in [0.05, 0.1) is 0 Å². The van der Waals surface area contributed by atoms with Crippen LogP contribution in [0.2, 0.25) is 0 Å². The molecule has 100 valence electrons. The van der Waals surface area contributed by atoms with E-state index in [0.717, 1.165) is 25.7 Å². The molecule has 17 heavy (non-hydrogen) atoms. The van der Waals surface area contributed by atoms with E-state index in [1.807, 2.05) is 6.92 Å². The van der Waals surface area contributed by atoms with Crippen LogP contribution in [0.1, 0.15) is 39.0 Å². The van der Waals surface area contributed by atoms with Gasteiger partial charge in [0.2, 0.25) is 5.91 Å². The lowest BCUT2D eigenvalue weighted by Gasteiger charge is -2.28. The molecule has 1 rings (SSSR count). The van der Waals surface area contributed by atoms with Crippen molar-refractivity contribution < 1.29 is 9.53 Å². The first kappa shape index (κ1) is 14.5. The lowest BCUT2D eigenvalue weighted by molar-refractivity contribution is -0.127. The Kier molecular flexibility index (Phi) is 6.52. The minimum Gasteiger partial charge on any atom is -0.385 e. The molecule has 0 heterocycles. The molecular formula is C13H26N2O2. The monoisotopic (exact) mass is 242 g/mol. The lowest BCUT2D eigenvalue weighted by Crippen LogP contribution is -2.40. The van der Waals surface area contributed by atoms with Crippen molar-refractivity contribution in [3.05, 3.63) is 0 Å². The highest BCUT2D eigenvalue weighted by molar-refractivity contribution is 5.79. The summed E-state index contributed by atoms with van der Waals surface area (Å²) in [5.41, 5.74) is 5.68. The van der Waals surface area contributed by atoms with Crippen molar-refractivity contribution in [2.24, 2.45) is 17.6 Å². The summed E-state index contributed by atoms with van der Waals surface area (Å²) in [6, 6.07) is 0.195. The number of methoxy groups -OCH3 is 1. The second-order valence-corrected chi connectivity index (χ2v) is 5.16. The fourth-order valence-electron chi connectivity index (χ4n) is 2.47. The minimum atomic E-state index is 0.169. The van der Waals surface area contributed by atoms with Gasteiger partial charge in [-0.1, -0.05) is 6.42 Å². The standard InChI is InChI=1S/C13H26N2O2/c1-10(6-7-17-2)15-13(16)12-5-3-4-11(8-12)9-14/h10-12H,3-9,14H2,1-2H3,(H,15,16). The molecule has 1 saturated carbocycles. The first-order chi connectivity index (χ1) is 8.17. The number of ether oxygens (including phenoxy) is 1. The van der Waals surface area contributed by atoms with E-state index in [4.69, 9.17) is 10.5 Å². The van der Waals surface area contributed by atoms with Gasteiger partial charge in [-0.05, 0) is 45.1 Å². The van der Waals surface area contributed by atoms with Crippen LogP contribution in [-0.4, -0.2) is 32.2 Å². The molecule has 1 aliphatic rings. The first-order valence-corrected chi connectivity index (χ1v) is 6.66. The van der Waals surface area contributed by atoms with Gasteiger partial charge in [0.15, 0.2) is 0 Å². The molecule has 1 amide bonds. The number of carbonyl (C=O) groups is 1. The van der Waals surface area contributed by atoms with Gasteiger partial charge in [-0.2, -0.15) is 0 Å². The maximum atomic E-state index is 12.0. The highest BCUT2D eigenvalue weighted by atomic mass is 16.5. The topological polar surface area (TPSA) is 64.3 Å². The fraction of sp³-hybridized carbons (Fsp3) is 0.923.